The fourth-order valence-electron chi connectivity index (χ4n) is 1.28. The van der Waals surface area contributed by atoms with Crippen LogP contribution in [0.5, 0.6) is 0 Å². The van der Waals surface area contributed by atoms with Crippen LogP contribution < -0.4 is 5.32 Å². The second kappa shape index (κ2) is 5.86. The number of aliphatic hydroxyl groups is 1. The quantitative estimate of drug-likeness (QED) is 0.621. The molecular formula is C8H17NOS. The van der Waals surface area contributed by atoms with Crippen LogP contribution >= 0.6 is 11.8 Å². The summed E-state index contributed by atoms with van der Waals surface area (Å²) in [6.07, 6.45) is 3.61. The van der Waals surface area contributed by atoms with E-state index in [0.29, 0.717) is 6.61 Å². The standard InChI is InChI=1S/C8H17NOS/c10-5-2-6-11-8-3-1-4-9-7-8/h8-10H,1-7H2. The lowest BCUT2D eigenvalue weighted by atomic mass is 10.2. The topological polar surface area (TPSA) is 32.3 Å². The maximum atomic E-state index is 8.57. The number of thioether (sulfide) groups is 1. The van der Waals surface area contributed by atoms with Crippen LogP contribution in [0.25, 0.3) is 0 Å². The predicted octanol–water partition coefficient (Wildman–Crippen LogP) is 0.854. The lowest BCUT2D eigenvalue weighted by Crippen LogP contribution is -2.31. The number of rotatable bonds is 4. The second-order valence-corrected chi connectivity index (χ2v) is 4.32. The van der Waals surface area contributed by atoms with Crippen molar-refractivity contribution < 1.29 is 5.11 Å². The summed E-state index contributed by atoms with van der Waals surface area (Å²) in [5.41, 5.74) is 0. The minimum Gasteiger partial charge on any atom is -0.396 e. The van der Waals surface area contributed by atoms with Crippen LogP contribution in [0.4, 0.5) is 0 Å². The van der Waals surface area contributed by atoms with Gasteiger partial charge in [-0.3, -0.25) is 0 Å². The van der Waals surface area contributed by atoms with E-state index in [-0.39, 0.29) is 0 Å². The Labute approximate surface area is 72.8 Å². The van der Waals surface area contributed by atoms with E-state index in [1.807, 2.05) is 11.8 Å². The first-order valence-electron chi connectivity index (χ1n) is 4.36. The number of piperidine rings is 1. The highest BCUT2D eigenvalue weighted by molar-refractivity contribution is 7.99. The third kappa shape index (κ3) is 3.99. The molecule has 0 spiro atoms. The molecule has 2 nitrogen and oxygen atoms in total. The largest absolute Gasteiger partial charge is 0.396 e. The zero-order valence-corrected chi connectivity index (χ0v) is 7.70. The van der Waals surface area contributed by atoms with E-state index < -0.39 is 0 Å². The molecule has 0 aromatic rings. The summed E-state index contributed by atoms with van der Waals surface area (Å²) in [4.78, 5) is 0. The molecule has 11 heavy (non-hydrogen) atoms. The second-order valence-electron chi connectivity index (χ2n) is 2.92. The molecule has 0 aromatic heterocycles. The minimum atomic E-state index is 0.340. The SMILES string of the molecule is OCCCSC1CCCNC1. The summed E-state index contributed by atoms with van der Waals surface area (Å²) in [5.74, 6) is 1.11. The van der Waals surface area contributed by atoms with Crippen molar-refractivity contribution in [3.8, 4) is 0 Å². The van der Waals surface area contributed by atoms with Crippen molar-refractivity contribution in [3.05, 3.63) is 0 Å². The van der Waals surface area contributed by atoms with Crippen LogP contribution in [0.2, 0.25) is 0 Å². The molecule has 1 saturated heterocycles. The number of aliphatic hydroxyl groups excluding tert-OH is 1. The zero-order valence-electron chi connectivity index (χ0n) is 6.88. The van der Waals surface area contributed by atoms with Gasteiger partial charge in [0.05, 0.1) is 0 Å². The van der Waals surface area contributed by atoms with Gasteiger partial charge in [0.1, 0.15) is 0 Å². The maximum absolute atomic E-state index is 8.57. The van der Waals surface area contributed by atoms with Crippen molar-refractivity contribution in [2.45, 2.75) is 24.5 Å². The van der Waals surface area contributed by atoms with E-state index in [0.717, 1.165) is 24.0 Å². The summed E-state index contributed by atoms with van der Waals surface area (Å²) in [7, 11) is 0. The average Bonchev–Trinajstić information content (AvgIpc) is 2.07. The molecule has 1 atom stereocenters. The van der Waals surface area contributed by atoms with E-state index in [4.69, 9.17) is 5.11 Å². The molecule has 0 bridgehead atoms. The summed E-state index contributed by atoms with van der Waals surface area (Å²) in [6, 6.07) is 0. The fourth-order valence-corrected chi connectivity index (χ4v) is 2.47. The number of hydrogen-bond donors (Lipinski definition) is 2. The molecule has 1 heterocycles. The fraction of sp³-hybridized carbons (Fsp3) is 1.00. The first kappa shape index (κ1) is 9.36. The van der Waals surface area contributed by atoms with Gasteiger partial charge in [0, 0.05) is 18.4 Å². The summed E-state index contributed by atoms with van der Waals surface area (Å²) >= 11 is 2.00. The van der Waals surface area contributed by atoms with Gasteiger partial charge >= 0.3 is 0 Å². The molecule has 0 aliphatic carbocycles. The Balaban J connectivity index is 1.96. The minimum absolute atomic E-state index is 0.340. The Morgan fingerprint density at radius 2 is 2.45 bits per heavy atom. The maximum Gasteiger partial charge on any atom is 0.0438 e. The Hall–Kier alpha value is 0.270. The Morgan fingerprint density at radius 3 is 3.09 bits per heavy atom. The Bertz CT molecular complexity index is 94.1. The highest BCUT2D eigenvalue weighted by Crippen LogP contribution is 2.18. The number of hydrogen-bond acceptors (Lipinski definition) is 3. The van der Waals surface area contributed by atoms with Crippen LogP contribution in [0.3, 0.4) is 0 Å². The van der Waals surface area contributed by atoms with Crippen molar-refractivity contribution in [1.82, 2.24) is 5.32 Å². The Morgan fingerprint density at radius 1 is 1.55 bits per heavy atom. The van der Waals surface area contributed by atoms with Gasteiger partial charge in [0.2, 0.25) is 0 Å². The molecule has 0 amide bonds. The van der Waals surface area contributed by atoms with Gasteiger partial charge in [-0.05, 0) is 31.6 Å². The van der Waals surface area contributed by atoms with Crippen molar-refractivity contribution in [2.75, 3.05) is 25.4 Å². The van der Waals surface area contributed by atoms with E-state index >= 15 is 0 Å². The molecule has 1 aliphatic rings. The molecule has 1 rings (SSSR count). The van der Waals surface area contributed by atoms with Crippen LogP contribution in [-0.4, -0.2) is 35.8 Å². The molecule has 66 valence electrons. The highest BCUT2D eigenvalue weighted by atomic mass is 32.2. The van der Waals surface area contributed by atoms with Crippen molar-refractivity contribution in [1.29, 1.82) is 0 Å². The first-order valence-corrected chi connectivity index (χ1v) is 5.41. The summed E-state index contributed by atoms with van der Waals surface area (Å²) in [6.45, 7) is 2.69. The van der Waals surface area contributed by atoms with E-state index in [2.05, 4.69) is 5.32 Å². The predicted molar refractivity (Wildman–Crippen MR) is 50.1 cm³/mol. The normalized spacial score (nSPS) is 25.4. The van der Waals surface area contributed by atoms with Crippen LogP contribution in [0.15, 0.2) is 0 Å². The molecule has 1 fully saturated rings. The monoisotopic (exact) mass is 175 g/mol. The molecule has 3 heteroatoms. The van der Waals surface area contributed by atoms with Crippen LogP contribution in [-0.2, 0) is 0 Å². The Kier molecular flexibility index (Phi) is 4.99. The van der Waals surface area contributed by atoms with E-state index in [1.165, 1.54) is 19.4 Å². The van der Waals surface area contributed by atoms with Crippen molar-refractivity contribution in [2.24, 2.45) is 0 Å². The summed E-state index contributed by atoms with van der Waals surface area (Å²) in [5, 5.41) is 12.7. The molecule has 0 saturated carbocycles. The third-order valence-electron chi connectivity index (χ3n) is 1.91. The van der Waals surface area contributed by atoms with Gasteiger partial charge in [0.15, 0.2) is 0 Å². The average molecular weight is 175 g/mol. The molecule has 1 unspecified atom stereocenters. The van der Waals surface area contributed by atoms with Gasteiger partial charge in [0.25, 0.3) is 0 Å². The van der Waals surface area contributed by atoms with E-state index in [9.17, 15) is 0 Å². The van der Waals surface area contributed by atoms with Gasteiger partial charge < -0.3 is 10.4 Å². The summed E-state index contributed by atoms with van der Waals surface area (Å²) < 4.78 is 0. The molecule has 2 N–H and O–H groups in total. The van der Waals surface area contributed by atoms with Gasteiger partial charge in [-0.2, -0.15) is 11.8 Å². The zero-order chi connectivity index (χ0) is 7.94. The van der Waals surface area contributed by atoms with Gasteiger partial charge in [-0.15, -0.1) is 0 Å². The number of nitrogens with one attached hydrogen (secondary N) is 1. The lowest BCUT2D eigenvalue weighted by Gasteiger charge is -2.21. The first-order chi connectivity index (χ1) is 5.43. The highest BCUT2D eigenvalue weighted by Gasteiger charge is 2.11. The molecular weight excluding hydrogens is 158 g/mol. The molecule has 0 radical (unpaired) electrons. The van der Waals surface area contributed by atoms with E-state index in [1.54, 1.807) is 0 Å². The van der Waals surface area contributed by atoms with Crippen LogP contribution in [0.1, 0.15) is 19.3 Å². The van der Waals surface area contributed by atoms with Crippen molar-refractivity contribution in [3.63, 3.8) is 0 Å². The third-order valence-corrected chi connectivity index (χ3v) is 3.31. The van der Waals surface area contributed by atoms with Crippen LogP contribution in [0, 0.1) is 0 Å². The smallest absolute Gasteiger partial charge is 0.0438 e. The van der Waals surface area contributed by atoms with Gasteiger partial charge in [-0.1, -0.05) is 0 Å². The van der Waals surface area contributed by atoms with Crippen molar-refractivity contribution >= 4 is 11.8 Å². The molecule has 0 aromatic carbocycles. The van der Waals surface area contributed by atoms with Gasteiger partial charge in [-0.25, -0.2) is 0 Å². The molecule has 1 aliphatic heterocycles. The lowest BCUT2D eigenvalue weighted by molar-refractivity contribution is 0.296.